The molecule has 0 spiro atoms. The third-order valence-electron chi connectivity index (χ3n) is 2.37. The number of thiophene rings is 1. The van der Waals surface area contributed by atoms with Crippen molar-refractivity contribution in [2.75, 3.05) is 0 Å². The van der Waals surface area contributed by atoms with Gasteiger partial charge < -0.3 is 0 Å². The largest absolute Gasteiger partial charge is 0.205 e. The highest BCUT2D eigenvalue weighted by Crippen LogP contribution is 2.30. The molecule has 0 aliphatic heterocycles. The summed E-state index contributed by atoms with van der Waals surface area (Å²) < 4.78 is 14.4. The van der Waals surface area contributed by atoms with Crippen molar-refractivity contribution in [2.24, 2.45) is 0 Å². The Balaban J connectivity index is 2.70. The van der Waals surface area contributed by atoms with Crippen LogP contribution in [0.4, 0.5) is 4.39 Å². The first kappa shape index (κ1) is 9.66. The van der Waals surface area contributed by atoms with Crippen LogP contribution in [0.5, 0.6) is 0 Å². The molecule has 1 heterocycles. The lowest BCUT2D eigenvalue weighted by atomic mass is 9.86. The maximum absolute atomic E-state index is 13.6. The van der Waals surface area contributed by atoms with Gasteiger partial charge in [-0.1, -0.05) is 20.8 Å². The van der Waals surface area contributed by atoms with E-state index in [9.17, 15) is 4.39 Å². The molecule has 0 saturated carbocycles. The summed E-state index contributed by atoms with van der Waals surface area (Å²) in [6.45, 7) is 6.29. The molecule has 0 bridgehead atoms. The molecule has 1 aromatic heterocycles. The third kappa shape index (κ3) is 1.55. The van der Waals surface area contributed by atoms with Gasteiger partial charge in [0.25, 0.3) is 0 Å². The van der Waals surface area contributed by atoms with E-state index in [-0.39, 0.29) is 11.2 Å². The fraction of sp³-hybridized carbons (Fsp3) is 0.333. The average molecular weight is 208 g/mol. The van der Waals surface area contributed by atoms with Gasteiger partial charge in [0.1, 0.15) is 5.82 Å². The summed E-state index contributed by atoms with van der Waals surface area (Å²) in [5.74, 6) is -0.0950. The standard InChI is InChI=1S/C12H13FS/c1-12(2,3)9-6-8-4-5-14-11(8)10(13)7-9/h4-7H,1-3H3. The summed E-state index contributed by atoms with van der Waals surface area (Å²) in [5.41, 5.74) is 1.07. The minimum Gasteiger partial charge on any atom is -0.205 e. The molecule has 0 unspecified atom stereocenters. The van der Waals surface area contributed by atoms with Gasteiger partial charge in [0, 0.05) is 0 Å². The number of halogens is 1. The first-order valence-electron chi connectivity index (χ1n) is 4.66. The summed E-state index contributed by atoms with van der Waals surface area (Å²) >= 11 is 1.46. The molecule has 0 nitrogen and oxygen atoms in total. The van der Waals surface area contributed by atoms with Crippen molar-refractivity contribution >= 4 is 21.4 Å². The molecule has 74 valence electrons. The second-order valence-corrected chi connectivity index (χ2v) is 5.46. The maximum Gasteiger partial charge on any atom is 0.141 e. The van der Waals surface area contributed by atoms with Crippen molar-refractivity contribution in [1.29, 1.82) is 0 Å². The second kappa shape index (κ2) is 3.06. The van der Waals surface area contributed by atoms with Crippen LogP contribution in [0.15, 0.2) is 23.6 Å². The van der Waals surface area contributed by atoms with Crippen LogP contribution in [0.1, 0.15) is 26.3 Å². The van der Waals surface area contributed by atoms with E-state index >= 15 is 0 Å². The molecule has 0 N–H and O–H groups in total. The smallest absolute Gasteiger partial charge is 0.141 e. The lowest BCUT2D eigenvalue weighted by Crippen LogP contribution is -2.11. The molecule has 0 radical (unpaired) electrons. The first-order valence-corrected chi connectivity index (χ1v) is 5.54. The van der Waals surface area contributed by atoms with E-state index < -0.39 is 0 Å². The highest BCUT2D eigenvalue weighted by atomic mass is 32.1. The molecular formula is C12H13FS. The van der Waals surface area contributed by atoms with E-state index in [4.69, 9.17) is 0 Å². The Morgan fingerprint density at radius 3 is 2.57 bits per heavy atom. The fourth-order valence-electron chi connectivity index (χ4n) is 1.47. The summed E-state index contributed by atoms with van der Waals surface area (Å²) in [4.78, 5) is 0. The third-order valence-corrected chi connectivity index (χ3v) is 3.31. The summed E-state index contributed by atoms with van der Waals surface area (Å²) in [6, 6.07) is 5.70. The van der Waals surface area contributed by atoms with E-state index in [0.717, 1.165) is 15.6 Å². The van der Waals surface area contributed by atoms with Gasteiger partial charge in [0.15, 0.2) is 0 Å². The van der Waals surface area contributed by atoms with E-state index in [1.807, 2.05) is 11.4 Å². The normalized spacial score (nSPS) is 12.3. The van der Waals surface area contributed by atoms with Crippen LogP contribution in [0.3, 0.4) is 0 Å². The van der Waals surface area contributed by atoms with Crippen LogP contribution < -0.4 is 0 Å². The zero-order valence-corrected chi connectivity index (χ0v) is 9.41. The van der Waals surface area contributed by atoms with Crippen LogP contribution >= 0.6 is 11.3 Å². The van der Waals surface area contributed by atoms with Crippen molar-refractivity contribution in [2.45, 2.75) is 26.2 Å². The van der Waals surface area contributed by atoms with Gasteiger partial charge in [-0.2, -0.15) is 0 Å². The lowest BCUT2D eigenvalue weighted by molar-refractivity contribution is 0.577. The maximum atomic E-state index is 13.6. The van der Waals surface area contributed by atoms with Gasteiger partial charge in [-0.25, -0.2) is 4.39 Å². The van der Waals surface area contributed by atoms with Gasteiger partial charge in [-0.05, 0) is 39.9 Å². The van der Waals surface area contributed by atoms with Gasteiger partial charge in [-0.3, -0.25) is 0 Å². The first-order chi connectivity index (χ1) is 6.48. The summed E-state index contributed by atoms with van der Waals surface area (Å²) in [6.07, 6.45) is 0. The number of hydrogen-bond acceptors (Lipinski definition) is 1. The molecule has 0 aliphatic rings. The Bertz CT molecular complexity index is 463. The SMILES string of the molecule is CC(C)(C)c1cc(F)c2sccc2c1. The molecule has 0 atom stereocenters. The molecule has 2 rings (SSSR count). The van der Waals surface area contributed by atoms with Crippen LogP contribution in [-0.2, 0) is 5.41 Å². The number of benzene rings is 1. The Morgan fingerprint density at radius 1 is 1.21 bits per heavy atom. The van der Waals surface area contributed by atoms with E-state index in [0.29, 0.717) is 0 Å². The number of hydrogen-bond donors (Lipinski definition) is 0. The molecule has 0 fully saturated rings. The Labute approximate surface area is 87.4 Å². The molecule has 0 amide bonds. The average Bonchev–Trinajstić information content (AvgIpc) is 2.50. The van der Waals surface area contributed by atoms with Crippen molar-refractivity contribution in [1.82, 2.24) is 0 Å². The van der Waals surface area contributed by atoms with Crippen molar-refractivity contribution in [3.8, 4) is 0 Å². The van der Waals surface area contributed by atoms with Crippen molar-refractivity contribution < 1.29 is 4.39 Å². The molecule has 2 heteroatoms. The van der Waals surface area contributed by atoms with Crippen LogP contribution in [-0.4, -0.2) is 0 Å². The van der Waals surface area contributed by atoms with E-state index in [2.05, 4.69) is 26.8 Å². The minimum atomic E-state index is -0.0950. The zero-order chi connectivity index (χ0) is 10.3. The molecular weight excluding hydrogens is 195 g/mol. The molecule has 1 aromatic carbocycles. The Hall–Kier alpha value is -0.890. The highest BCUT2D eigenvalue weighted by molar-refractivity contribution is 7.17. The minimum absolute atomic E-state index is 0.0109. The predicted molar refractivity (Wildman–Crippen MR) is 60.5 cm³/mol. The Kier molecular flexibility index (Phi) is 2.11. The predicted octanol–water partition coefficient (Wildman–Crippen LogP) is 4.34. The quantitative estimate of drug-likeness (QED) is 0.604. The highest BCUT2D eigenvalue weighted by Gasteiger charge is 2.16. The lowest BCUT2D eigenvalue weighted by Gasteiger charge is -2.19. The summed E-state index contributed by atoms with van der Waals surface area (Å²) in [7, 11) is 0. The van der Waals surface area contributed by atoms with E-state index in [1.54, 1.807) is 6.07 Å². The van der Waals surface area contributed by atoms with Crippen molar-refractivity contribution in [3.05, 3.63) is 35.0 Å². The molecule has 14 heavy (non-hydrogen) atoms. The van der Waals surface area contributed by atoms with Gasteiger partial charge in [0.05, 0.1) is 4.70 Å². The number of fused-ring (bicyclic) bond motifs is 1. The topological polar surface area (TPSA) is 0 Å². The monoisotopic (exact) mass is 208 g/mol. The Morgan fingerprint density at radius 2 is 1.93 bits per heavy atom. The van der Waals surface area contributed by atoms with Gasteiger partial charge in [0.2, 0.25) is 0 Å². The second-order valence-electron chi connectivity index (χ2n) is 4.55. The van der Waals surface area contributed by atoms with Crippen molar-refractivity contribution in [3.63, 3.8) is 0 Å². The van der Waals surface area contributed by atoms with Gasteiger partial charge in [-0.15, -0.1) is 11.3 Å². The molecule has 2 aromatic rings. The number of rotatable bonds is 0. The van der Waals surface area contributed by atoms with Crippen LogP contribution in [0.2, 0.25) is 0 Å². The molecule has 0 aliphatic carbocycles. The zero-order valence-electron chi connectivity index (χ0n) is 8.60. The van der Waals surface area contributed by atoms with E-state index in [1.165, 1.54) is 11.3 Å². The van der Waals surface area contributed by atoms with Gasteiger partial charge >= 0.3 is 0 Å². The fourth-order valence-corrected chi connectivity index (χ4v) is 2.26. The molecule has 0 saturated heterocycles. The summed E-state index contributed by atoms with van der Waals surface area (Å²) in [5, 5.41) is 2.94. The van der Waals surface area contributed by atoms with Crippen LogP contribution in [0.25, 0.3) is 10.1 Å². The van der Waals surface area contributed by atoms with Crippen LogP contribution in [0, 0.1) is 5.82 Å².